The van der Waals surface area contributed by atoms with Crippen LogP contribution in [0.3, 0.4) is 0 Å². The molecule has 27 heavy (non-hydrogen) atoms. The van der Waals surface area contributed by atoms with E-state index in [0.717, 1.165) is 38.5 Å². The zero-order chi connectivity index (χ0) is 20.2. The van der Waals surface area contributed by atoms with Crippen LogP contribution in [-0.4, -0.2) is 40.4 Å². The Balaban J connectivity index is 2.40. The monoisotopic (exact) mass is 398 g/mol. The van der Waals surface area contributed by atoms with Crippen molar-refractivity contribution in [1.29, 1.82) is 0 Å². The van der Waals surface area contributed by atoms with Gasteiger partial charge in [-0.15, -0.1) is 11.6 Å². The number of alkyl halides is 1. The average Bonchev–Trinajstić information content (AvgIpc) is 2.57. The molecule has 1 saturated heterocycles. The Morgan fingerprint density at radius 2 is 2.07 bits per heavy atom. The van der Waals surface area contributed by atoms with Crippen molar-refractivity contribution in [2.24, 2.45) is 5.92 Å². The molecule has 1 fully saturated rings. The first-order valence-corrected chi connectivity index (χ1v) is 10.6. The largest absolute Gasteiger partial charge is 0.459 e. The number of fused-ring (bicyclic) bond motifs is 2. The molecule has 4 nitrogen and oxygen atoms in total. The van der Waals surface area contributed by atoms with Crippen LogP contribution in [0, 0.1) is 5.92 Å². The predicted molar refractivity (Wildman–Crippen MR) is 109 cm³/mol. The molecule has 0 spiro atoms. The summed E-state index contributed by atoms with van der Waals surface area (Å²) >= 11 is 6.06. The third-order valence-electron chi connectivity index (χ3n) is 6.09. The summed E-state index contributed by atoms with van der Waals surface area (Å²) in [6.45, 7) is 9.52. The summed E-state index contributed by atoms with van der Waals surface area (Å²) in [5, 5.41) is 10.8. The molecular formula is C22H35ClO4. The predicted octanol–water partition coefficient (Wildman–Crippen LogP) is 4.93. The van der Waals surface area contributed by atoms with Gasteiger partial charge in [-0.2, -0.15) is 0 Å². The maximum atomic E-state index is 11.7. The summed E-state index contributed by atoms with van der Waals surface area (Å²) in [6, 6.07) is 0. The quantitative estimate of drug-likeness (QED) is 0.416. The third kappa shape index (κ3) is 5.82. The molecule has 0 aromatic rings. The van der Waals surface area contributed by atoms with E-state index in [1.807, 2.05) is 6.92 Å². The normalized spacial score (nSPS) is 38.9. The summed E-state index contributed by atoms with van der Waals surface area (Å²) in [5.74, 6) is -0.205. The molecule has 2 aliphatic heterocycles. The average molecular weight is 399 g/mol. The van der Waals surface area contributed by atoms with Gasteiger partial charge in [0.25, 0.3) is 0 Å². The smallest absolute Gasteiger partial charge is 0.303 e. The Labute approximate surface area is 168 Å². The van der Waals surface area contributed by atoms with E-state index in [0.29, 0.717) is 0 Å². The summed E-state index contributed by atoms with van der Waals surface area (Å²) in [7, 11) is 0. The number of halogens is 1. The molecule has 0 amide bonds. The Morgan fingerprint density at radius 3 is 2.70 bits per heavy atom. The Kier molecular flexibility index (Phi) is 7.57. The van der Waals surface area contributed by atoms with Crippen molar-refractivity contribution >= 4 is 17.6 Å². The maximum absolute atomic E-state index is 11.7. The van der Waals surface area contributed by atoms with Crippen LogP contribution in [0.15, 0.2) is 23.3 Å². The lowest BCUT2D eigenvalue weighted by molar-refractivity contribution is -0.213. The van der Waals surface area contributed by atoms with Crippen molar-refractivity contribution in [3.05, 3.63) is 23.3 Å². The van der Waals surface area contributed by atoms with Gasteiger partial charge < -0.3 is 14.6 Å². The van der Waals surface area contributed by atoms with Gasteiger partial charge in [0.15, 0.2) is 0 Å². The van der Waals surface area contributed by atoms with Gasteiger partial charge in [-0.25, -0.2) is 0 Å². The van der Waals surface area contributed by atoms with E-state index < -0.39 is 11.2 Å². The fraction of sp³-hybridized carbons (Fsp3) is 0.773. The number of carbonyl (C=O) groups excluding carboxylic acids is 1. The second kappa shape index (κ2) is 9.11. The highest BCUT2D eigenvalue weighted by atomic mass is 35.5. The molecule has 2 heterocycles. The van der Waals surface area contributed by atoms with Crippen LogP contribution in [0.4, 0.5) is 0 Å². The molecule has 0 aliphatic carbocycles. The molecule has 1 N–H and O–H groups in total. The lowest BCUT2D eigenvalue weighted by atomic mass is 9.74. The van der Waals surface area contributed by atoms with Crippen LogP contribution >= 0.6 is 11.6 Å². The second-order valence-corrected chi connectivity index (χ2v) is 9.04. The third-order valence-corrected chi connectivity index (χ3v) is 6.63. The van der Waals surface area contributed by atoms with Gasteiger partial charge in [0, 0.05) is 12.8 Å². The highest BCUT2D eigenvalue weighted by Crippen LogP contribution is 2.43. The molecule has 0 saturated carbocycles. The highest BCUT2D eigenvalue weighted by Gasteiger charge is 2.49. The lowest BCUT2D eigenvalue weighted by Crippen LogP contribution is -2.56. The van der Waals surface area contributed by atoms with Crippen molar-refractivity contribution in [3.63, 3.8) is 0 Å². The van der Waals surface area contributed by atoms with Crippen molar-refractivity contribution in [1.82, 2.24) is 0 Å². The van der Waals surface area contributed by atoms with Gasteiger partial charge in [0.05, 0.1) is 17.6 Å². The molecule has 0 aromatic carbocycles. The maximum Gasteiger partial charge on any atom is 0.303 e. The first kappa shape index (κ1) is 22.4. The Bertz CT molecular complexity index is 595. The van der Waals surface area contributed by atoms with Gasteiger partial charge >= 0.3 is 5.97 Å². The number of carbonyl (C=O) groups is 1. The van der Waals surface area contributed by atoms with E-state index in [9.17, 15) is 9.90 Å². The topological polar surface area (TPSA) is 55.8 Å². The molecule has 5 atom stereocenters. The molecule has 0 unspecified atom stereocenters. The zero-order valence-electron chi connectivity index (χ0n) is 17.4. The van der Waals surface area contributed by atoms with Gasteiger partial charge in [0.2, 0.25) is 0 Å². The number of ether oxygens (including phenoxy) is 2. The van der Waals surface area contributed by atoms with Crippen LogP contribution in [0.2, 0.25) is 0 Å². The zero-order valence-corrected chi connectivity index (χ0v) is 18.1. The first-order valence-electron chi connectivity index (χ1n) is 10.0. The molecule has 5 heteroatoms. The van der Waals surface area contributed by atoms with Crippen LogP contribution < -0.4 is 0 Å². The van der Waals surface area contributed by atoms with Crippen LogP contribution in [0.1, 0.15) is 73.1 Å². The van der Waals surface area contributed by atoms with Crippen molar-refractivity contribution in [3.8, 4) is 0 Å². The Hall–Kier alpha value is -0.840. The number of esters is 1. The number of hydrogen-bond donors (Lipinski definition) is 1. The van der Waals surface area contributed by atoms with Gasteiger partial charge in [-0.3, -0.25) is 4.79 Å². The second-order valence-electron chi connectivity index (χ2n) is 8.77. The fourth-order valence-electron chi connectivity index (χ4n) is 4.27. The SMILES string of the molecule is CC(=O)O[C@H]1CC/C(C)=C/CC/C(C)=C/[C@@H]2O[C@@]1(C)CC[C@@H]2[C@@](C)(O)CCl. The van der Waals surface area contributed by atoms with E-state index >= 15 is 0 Å². The van der Waals surface area contributed by atoms with Crippen LogP contribution in [0.25, 0.3) is 0 Å². The van der Waals surface area contributed by atoms with Gasteiger partial charge in [0.1, 0.15) is 11.7 Å². The molecule has 154 valence electrons. The standard InChI is InChI=1S/C22H35ClO4/c1-15-7-6-8-16(2)13-19-18(21(4,25)14-23)11-12-22(5,27-19)20(10-9-15)26-17(3)24/h7,13,18-20,25H,6,8-12,14H2,1-5H3/b15-7+,16-13+/t18-,19-,20-,21-,22-/m0/s1. The number of rotatable bonds is 3. The summed E-state index contributed by atoms with van der Waals surface area (Å²) in [4.78, 5) is 11.7. The minimum atomic E-state index is -1.01. The minimum Gasteiger partial charge on any atom is -0.459 e. The molecule has 2 rings (SSSR count). The molecular weight excluding hydrogens is 364 g/mol. The first-order chi connectivity index (χ1) is 12.6. The van der Waals surface area contributed by atoms with Gasteiger partial charge in [-0.05, 0) is 66.2 Å². The summed E-state index contributed by atoms with van der Waals surface area (Å²) in [5.41, 5.74) is 0.980. The molecule has 0 radical (unpaired) electrons. The van der Waals surface area contributed by atoms with E-state index in [-0.39, 0.29) is 30.0 Å². The lowest BCUT2D eigenvalue weighted by Gasteiger charge is -2.49. The van der Waals surface area contributed by atoms with E-state index in [4.69, 9.17) is 21.1 Å². The van der Waals surface area contributed by atoms with E-state index in [1.165, 1.54) is 18.1 Å². The van der Waals surface area contributed by atoms with E-state index in [2.05, 4.69) is 26.0 Å². The van der Waals surface area contributed by atoms with Crippen molar-refractivity contribution in [2.75, 3.05) is 5.88 Å². The highest BCUT2D eigenvalue weighted by molar-refractivity contribution is 6.18. The van der Waals surface area contributed by atoms with E-state index in [1.54, 1.807) is 6.92 Å². The number of hydrogen-bond acceptors (Lipinski definition) is 4. The van der Waals surface area contributed by atoms with Gasteiger partial charge in [-0.1, -0.05) is 23.3 Å². The molecule has 0 aromatic heterocycles. The van der Waals surface area contributed by atoms with Crippen molar-refractivity contribution < 1.29 is 19.4 Å². The van der Waals surface area contributed by atoms with Crippen LogP contribution in [-0.2, 0) is 14.3 Å². The molecule has 2 bridgehead atoms. The van der Waals surface area contributed by atoms with Crippen molar-refractivity contribution in [2.45, 2.75) is 96.6 Å². The molecule has 2 aliphatic rings. The Morgan fingerprint density at radius 1 is 1.37 bits per heavy atom. The number of aliphatic hydroxyl groups is 1. The fourth-order valence-corrected chi connectivity index (χ4v) is 4.47. The van der Waals surface area contributed by atoms with Crippen LogP contribution in [0.5, 0.6) is 0 Å². The summed E-state index contributed by atoms with van der Waals surface area (Å²) in [6.07, 6.45) is 8.91. The minimum absolute atomic E-state index is 0.0868. The summed E-state index contributed by atoms with van der Waals surface area (Å²) < 4.78 is 12.3. The number of allylic oxidation sites excluding steroid dienone is 3.